The summed E-state index contributed by atoms with van der Waals surface area (Å²) in [6, 6.07) is 0. The monoisotopic (exact) mass is 239 g/mol. The molecule has 0 bridgehead atoms. The summed E-state index contributed by atoms with van der Waals surface area (Å²) >= 11 is 0. The van der Waals surface area contributed by atoms with Crippen LogP contribution in [0.4, 0.5) is 0 Å². The maximum Gasteiger partial charge on any atom is 0.0468 e. The van der Waals surface area contributed by atoms with Crippen molar-refractivity contribution in [3.8, 4) is 0 Å². The lowest BCUT2D eigenvalue weighted by Crippen LogP contribution is -2.33. The first-order chi connectivity index (χ1) is 8.27. The van der Waals surface area contributed by atoms with E-state index < -0.39 is 0 Å². The Morgan fingerprint density at radius 1 is 1.12 bits per heavy atom. The highest BCUT2D eigenvalue weighted by Gasteiger charge is 2.33. The number of hydrogen-bond donors (Lipinski definition) is 1. The minimum Gasteiger partial charge on any atom is -0.381 e. The van der Waals surface area contributed by atoms with E-state index in [9.17, 15) is 0 Å². The molecule has 1 aliphatic carbocycles. The molecule has 2 aliphatic rings. The normalized spacial score (nSPS) is 31.2. The molecule has 2 rings (SSSR count). The van der Waals surface area contributed by atoms with Gasteiger partial charge in [-0.05, 0) is 62.4 Å². The summed E-state index contributed by atoms with van der Waals surface area (Å²) in [6.07, 6.45) is 7.00. The van der Waals surface area contributed by atoms with Crippen LogP contribution in [0.3, 0.4) is 0 Å². The van der Waals surface area contributed by atoms with E-state index >= 15 is 0 Å². The van der Waals surface area contributed by atoms with Crippen LogP contribution < -0.4 is 5.32 Å². The molecule has 2 fully saturated rings. The van der Waals surface area contributed by atoms with Gasteiger partial charge in [0, 0.05) is 13.2 Å². The molecule has 2 heteroatoms. The molecular weight excluding hydrogens is 210 g/mol. The van der Waals surface area contributed by atoms with Crippen molar-refractivity contribution in [1.82, 2.24) is 5.32 Å². The van der Waals surface area contributed by atoms with Crippen molar-refractivity contribution in [3.63, 3.8) is 0 Å². The van der Waals surface area contributed by atoms with Gasteiger partial charge < -0.3 is 10.1 Å². The van der Waals surface area contributed by atoms with Gasteiger partial charge in [-0.1, -0.05) is 20.3 Å². The van der Waals surface area contributed by atoms with Crippen molar-refractivity contribution in [1.29, 1.82) is 0 Å². The Labute approximate surface area is 107 Å². The van der Waals surface area contributed by atoms with Crippen LogP contribution in [-0.2, 0) is 4.74 Å². The van der Waals surface area contributed by atoms with Gasteiger partial charge in [0.25, 0.3) is 0 Å². The molecule has 100 valence electrons. The molecule has 0 aromatic carbocycles. The van der Waals surface area contributed by atoms with Gasteiger partial charge in [-0.25, -0.2) is 0 Å². The van der Waals surface area contributed by atoms with Crippen LogP contribution in [0.2, 0.25) is 0 Å². The molecule has 2 unspecified atom stereocenters. The molecule has 1 heterocycles. The van der Waals surface area contributed by atoms with Gasteiger partial charge in [0.15, 0.2) is 0 Å². The van der Waals surface area contributed by atoms with Crippen LogP contribution in [0.25, 0.3) is 0 Å². The van der Waals surface area contributed by atoms with Crippen molar-refractivity contribution in [2.75, 3.05) is 26.3 Å². The van der Waals surface area contributed by atoms with E-state index in [4.69, 9.17) is 4.74 Å². The van der Waals surface area contributed by atoms with Crippen LogP contribution in [0.15, 0.2) is 0 Å². The highest BCUT2D eigenvalue weighted by Crippen LogP contribution is 2.40. The van der Waals surface area contributed by atoms with Gasteiger partial charge in [-0.15, -0.1) is 0 Å². The predicted molar refractivity (Wildman–Crippen MR) is 72.1 cm³/mol. The largest absolute Gasteiger partial charge is 0.381 e. The fraction of sp³-hybridized carbons (Fsp3) is 1.00. The fourth-order valence-corrected chi connectivity index (χ4v) is 3.64. The van der Waals surface area contributed by atoms with E-state index in [2.05, 4.69) is 19.2 Å². The van der Waals surface area contributed by atoms with Gasteiger partial charge in [0.1, 0.15) is 0 Å². The van der Waals surface area contributed by atoms with Crippen molar-refractivity contribution in [2.24, 2.45) is 23.7 Å². The van der Waals surface area contributed by atoms with Crippen LogP contribution in [0.1, 0.15) is 46.0 Å². The van der Waals surface area contributed by atoms with Gasteiger partial charge in [-0.3, -0.25) is 0 Å². The lowest BCUT2D eigenvalue weighted by Gasteiger charge is -2.32. The van der Waals surface area contributed by atoms with Crippen LogP contribution >= 0.6 is 0 Å². The van der Waals surface area contributed by atoms with E-state index in [0.29, 0.717) is 0 Å². The molecule has 0 aromatic heterocycles. The minimum absolute atomic E-state index is 0.776. The highest BCUT2D eigenvalue weighted by atomic mass is 16.5. The number of hydrogen-bond acceptors (Lipinski definition) is 2. The van der Waals surface area contributed by atoms with Gasteiger partial charge >= 0.3 is 0 Å². The third kappa shape index (κ3) is 3.96. The quantitative estimate of drug-likeness (QED) is 0.796. The topological polar surface area (TPSA) is 21.3 Å². The van der Waals surface area contributed by atoms with E-state index in [1.807, 2.05) is 0 Å². The van der Waals surface area contributed by atoms with E-state index in [1.165, 1.54) is 45.2 Å². The zero-order valence-electron chi connectivity index (χ0n) is 11.6. The van der Waals surface area contributed by atoms with Gasteiger partial charge in [-0.2, -0.15) is 0 Å². The molecule has 1 N–H and O–H groups in total. The Kier molecular flexibility index (Phi) is 5.30. The molecular formula is C15H29NO. The van der Waals surface area contributed by atoms with Crippen molar-refractivity contribution < 1.29 is 4.74 Å². The molecule has 17 heavy (non-hydrogen) atoms. The zero-order valence-corrected chi connectivity index (χ0v) is 11.6. The standard InChI is InChI=1S/C15H29NO/c1-12(2)10-16-11-14-4-3-5-15(14)13-6-8-17-9-7-13/h12-16H,3-11H2,1-2H3. The Morgan fingerprint density at radius 2 is 1.88 bits per heavy atom. The Balaban J connectivity index is 1.75. The summed E-state index contributed by atoms with van der Waals surface area (Å²) in [4.78, 5) is 0. The second kappa shape index (κ2) is 6.75. The zero-order chi connectivity index (χ0) is 12.1. The minimum atomic E-state index is 0.776. The lowest BCUT2D eigenvalue weighted by atomic mass is 9.79. The first-order valence-corrected chi connectivity index (χ1v) is 7.56. The highest BCUT2D eigenvalue weighted by molar-refractivity contribution is 4.85. The fourth-order valence-electron chi connectivity index (χ4n) is 3.64. The number of ether oxygens (including phenoxy) is 1. The van der Waals surface area contributed by atoms with E-state index in [-0.39, 0.29) is 0 Å². The van der Waals surface area contributed by atoms with Crippen LogP contribution in [0.5, 0.6) is 0 Å². The maximum absolute atomic E-state index is 5.49. The van der Waals surface area contributed by atoms with Crippen molar-refractivity contribution in [2.45, 2.75) is 46.0 Å². The SMILES string of the molecule is CC(C)CNCC1CCCC1C1CCOCC1. The molecule has 1 saturated carbocycles. The number of nitrogens with one attached hydrogen (secondary N) is 1. The summed E-state index contributed by atoms with van der Waals surface area (Å²) < 4.78 is 5.49. The maximum atomic E-state index is 5.49. The molecule has 2 atom stereocenters. The molecule has 0 spiro atoms. The molecule has 0 aromatic rings. The first kappa shape index (κ1) is 13.4. The average Bonchev–Trinajstić information content (AvgIpc) is 2.78. The predicted octanol–water partition coefficient (Wildman–Crippen LogP) is 3.07. The Bertz CT molecular complexity index is 211. The molecule has 0 radical (unpaired) electrons. The lowest BCUT2D eigenvalue weighted by molar-refractivity contribution is 0.0390. The molecule has 2 nitrogen and oxygen atoms in total. The second-order valence-electron chi connectivity index (χ2n) is 6.36. The molecule has 1 saturated heterocycles. The van der Waals surface area contributed by atoms with Crippen LogP contribution in [-0.4, -0.2) is 26.3 Å². The summed E-state index contributed by atoms with van der Waals surface area (Å²) in [7, 11) is 0. The van der Waals surface area contributed by atoms with Gasteiger partial charge in [0.2, 0.25) is 0 Å². The second-order valence-corrected chi connectivity index (χ2v) is 6.36. The van der Waals surface area contributed by atoms with E-state index in [1.54, 1.807) is 0 Å². The summed E-state index contributed by atoms with van der Waals surface area (Å²) in [5.41, 5.74) is 0. The smallest absolute Gasteiger partial charge is 0.0468 e. The summed E-state index contributed by atoms with van der Waals surface area (Å²) in [5.74, 6) is 3.66. The van der Waals surface area contributed by atoms with Crippen molar-refractivity contribution >= 4 is 0 Å². The third-order valence-electron chi connectivity index (χ3n) is 4.55. The number of rotatable bonds is 5. The average molecular weight is 239 g/mol. The summed E-state index contributed by atoms with van der Waals surface area (Å²) in [6.45, 7) is 9.02. The Hall–Kier alpha value is -0.0800. The summed E-state index contributed by atoms with van der Waals surface area (Å²) in [5, 5.41) is 3.66. The molecule has 0 amide bonds. The first-order valence-electron chi connectivity index (χ1n) is 7.56. The van der Waals surface area contributed by atoms with Crippen molar-refractivity contribution in [3.05, 3.63) is 0 Å². The van der Waals surface area contributed by atoms with E-state index in [0.717, 1.165) is 36.9 Å². The molecule has 1 aliphatic heterocycles. The Morgan fingerprint density at radius 3 is 2.59 bits per heavy atom. The van der Waals surface area contributed by atoms with Gasteiger partial charge in [0.05, 0.1) is 0 Å². The third-order valence-corrected chi connectivity index (χ3v) is 4.55. The van der Waals surface area contributed by atoms with Crippen LogP contribution in [0, 0.1) is 23.7 Å².